The molecule has 1 atom stereocenters. The van der Waals surface area contributed by atoms with Gasteiger partial charge >= 0.3 is 0 Å². The van der Waals surface area contributed by atoms with Crippen LogP contribution in [0.15, 0.2) is 6.07 Å². The zero-order chi connectivity index (χ0) is 11.6. The van der Waals surface area contributed by atoms with Gasteiger partial charge < -0.3 is 10.3 Å². The van der Waals surface area contributed by atoms with Gasteiger partial charge in [-0.25, -0.2) is 0 Å². The standard InChI is InChI=1S/C13H24N2/c1-9(2)12(6-7-14)13-8-10(3)15(5)11(13)4/h8-9,12H,6-7,14H2,1-5H3. The van der Waals surface area contributed by atoms with Gasteiger partial charge in [-0.15, -0.1) is 0 Å². The summed E-state index contributed by atoms with van der Waals surface area (Å²) in [5, 5.41) is 0. The first-order chi connectivity index (χ1) is 6.99. The number of hydrogen-bond donors (Lipinski definition) is 1. The highest BCUT2D eigenvalue weighted by Gasteiger charge is 2.19. The van der Waals surface area contributed by atoms with Crippen LogP contribution in [0.4, 0.5) is 0 Å². The number of aromatic nitrogens is 1. The predicted molar refractivity (Wildman–Crippen MR) is 66.1 cm³/mol. The third-order valence-corrected chi connectivity index (χ3v) is 3.50. The fraction of sp³-hybridized carbons (Fsp3) is 0.692. The molecule has 0 spiro atoms. The molecule has 0 aliphatic heterocycles. The fourth-order valence-electron chi connectivity index (χ4n) is 2.29. The summed E-state index contributed by atoms with van der Waals surface area (Å²) < 4.78 is 2.27. The number of nitrogens with zero attached hydrogens (tertiary/aromatic N) is 1. The summed E-state index contributed by atoms with van der Waals surface area (Å²) in [6.07, 6.45) is 1.09. The molecule has 2 heteroatoms. The molecule has 2 N–H and O–H groups in total. The van der Waals surface area contributed by atoms with Crippen LogP contribution in [-0.4, -0.2) is 11.1 Å². The van der Waals surface area contributed by atoms with Gasteiger partial charge in [-0.05, 0) is 50.3 Å². The van der Waals surface area contributed by atoms with Crippen LogP contribution in [0.3, 0.4) is 0 Å². The first-order valence-corrected chi connectivity index (χ1v) is 5.81. The number of nitrogens with two attached hydrogens (primary N) is 1. The Labute approximate surface area is 93.5 Å². The average molecular weight is 208 g/mol. The van der Waals surface area contributed by atoms with Crippen LogP contribution >= 0.6 is 0 Å². The van der Waals surface area contributed by atoms with Crippen LogP contribution in [0.5, 0.6) is 0 Å². The Balaban J connectivity index is 3.05. The molecule has 0 fully saturated rings. The predicted octanol–water partition coefficient (Wildman–Crippen LogP) is 2.73. The molecule has 0 aliphatic carbocycles. The van der Waals surface area contributed by atoms with Gasteiger partial charge in [0.1, 0.15) is 0 Å². The maximum atomic E-state index is 5.69. The van der Waals surface area contributed by atoms with E-state index in [1.165, 1.54) is 17.0 Å². The maximum Gasteiger partial charge on any atom is 0.0178 e. The lowest BCUT2D eigenvalue weighted by Crippen LogP contribution is -2.13. The summed E-state index contributed by atoms with van der Waals surface area (Å²) in [7, 11) is 2.13. The second-order valence-electron chi connectivity index (χ2n) is 4.81. The molecule has 1 unspecified atom stereocenters. The van der Waals surface area contributed by atoms with Gasteiger partial charge in [0.2, 0.25) is 0 Å². The molecule has 2 nitrogen and oxygen atoms in total. The Morgan fingerprint density at radius 3 is 2.27 bits per heavy atom. The number of aryl methyl sites for hydroxylation is 1. The van der Waals surface area contributed by atoms with Gasteiger partial charge in [0.15, 0.2) is 0 Å². The van der Waals surface area contributed by atoms with Crippen molar-refractivity contribution in [2.75, 3.05) is 6.54 Å². The van der Waals surface area contributed by atoms with E-state index in [1.54, 1.807) is 0 Å². The van der Waals surface area contributed by atoms with Crippen LogP contribution in [-0.2, 0) is 7.05 Å². The van der Waals surface area contributed by atoms with E-state index in [2.05, 4.69) is 45.4 Å². The molecule has 1 rings (SSSR count). The SMILES string of the molecule is Cc1cc(C(CCN)C(C)C)c(C)n1C. The van der Waals surface area contributed by atoms with E-state index < -0.39 is 0 Å². The van der Waals surface area contributed by atoms with E-state index >= 15 is 0 Å². The van der Waals surface area contributed by atoms with Crippen molar-refractivity contribution in [3.63, 3.8) is 0 Å². The largest absolute Gasteiger partial charge is 0.352 e. The van der Waals surface area contributed by atoms with Crippen LogP contribution < -0.4 is 5.73 Å². The van der Waals surface area contributed by atoms with Crippen molar-refractivity contribution < 1.29 is 0 Å². The summed E-state index contributed by atoms with van der Waals surface area (Å²) in [5.74, 6) is 1.27. The molecular formula is C13H24N2. The second kappa shape index (κ2) is 4.84. The van der Waals surface area contributed by atoms with Crippen molar-refractivity contribution in [3.05, 3.63) is 23.0 Å². The molecule has 0 saturated carbocycles. The van der Waals surface area contributed by atoms with Crippen LogP contribution in [0.2, 0.25) is 0 Å². The van der Waals surface area contributed by atoms with Crippen LogP contribution in [0.1, 0.15) is 43.1 Å². The van der Waals surface area contributed by atoms with E-state index in [0.29, 0.717) is 11.8 Å². The minimum atomic E-state index is 0.606. The minimum absolute atomic E-state index is 0.606. The van der Waals surface area contributed by atoms with Crippen LogP contribution in [0.25, 0.3) is 0 Å². The van der Waals surface area contributed by atoms with Gasteiger partial charge in [-0.3, -0.25) is 0 Å². The van der Waals surface area contributed by atoms with Gasteiger partial charge in [0.05, 0.1) is 0 Å². The third kappa shape index (κ3) is 2.43. The molecule has 0 amide bonds. The first kappa shape index (κ1) is 12.3. The molecule has 15 heavy (non-hydrogen) atoms. The third-order valence-electron chi connectivity index (χ3n) is 3.50. The lowest BCUT2D eigenvalue weighted by Gasteiger charge is -2.20. The second-order valence-corrected chi connectivity index (χ2v) is 4.81. The summed E-state index contributed by atoms with van der Waals surface area (Å²) >= 11 is 0. The molecule has 0 radical (unpaired) electrons. The Morgan fingerprint density at radius 2 is 1.93 bits per heavy atom. The topological polar surface area (TPSA) is 30.9 Å². The maximum absolute atomic E-state index is 5.69. The molecule has 0 aliphatic rings. The molecule has 0 saturated heterocycles. The molecular weight excluding hydrogens is 184 g/mol. The van der Waals surface area contributed by atoms with E-state index in [9.17, 15) is 0 Å². The molecule has 1 aromatic heterocycles. The van der Waals surface area contributed by atoms with E-state index in [1.807, 2.05) is 0 Å². The van der Waals surface area contributed by atoms with Crippen molar-refractivity contribution in [2.45, 2.75) is 40.0 Å². The molecule has 1 heterocycles. The zero-order valence-corrected chi connectivity index (χ0v) is 10.7. The van der Waals surface area contributed by atoms with Crippen molar-refractivity contribution in [3.8, 4) is 0 Å². The zero-order valence-electron chi connectivity index (χ0n) is 10.7. The highest BCUT2D eigenvalue weighted by molar-refractivity contribution is 5.30. The molecule has 0 aromatic carbocycles. The smallest absolute Gasteiger partial charge is 0.0178 e. The van der Waals surface area contributed by atoms with E-state index in [0.717, 1.165) is 13.0 Å². The average Bonchev–Trinajstić information content (AvgIpc) is 2.42. The molecule has 1 aromatic rings. The van der Waals surface area contributed by atoms with E-state index in [-0.39, 0.29) is 0 Å². The molecule has 0 bridgehead atoms. The van der Waals surface area contributed by atoms with Gasteiger partial charge in [0, 0.05) is 18.4 Å². The first-order valence-electron chi connectivity index (χ1n) is 5.81. The summed E-state index contributed by atoms with van der Waals surface area (Å²) in [4.78, 5) is 0. The Bertz CT molecular complexity index is 324. The Hall–Kier alpha value is -0.760. The van der Waals surface area contributed by atoms with Crippen molar-refractivity contribution >= 4 is 0 Å². The van der Waals surface area contributed by atoms with Gasteiger partial charge in [-0.1, -0.05) is 13.8 Å². The van der Waals surface area contributed by atoms with Crippen molar-refractivity contribution in [1.29, 1.82) is 0 Å². The lowest BCUT2D eigenvalue weighted by molar-refractivity contribution is 0.471. The highest BCUT2D eigenvalue weighted by atomic mass is 14.9. The van der Waals surface area contributed by atoms with E-state index in [4.69, 9.17) is 5.73 Å². The van der Waals surface area contributed by atoms with Gasteiger partial charge in [0.25, 0.3) is 0 Å². The van der Waals surface area contributed by atoms with Crippen molar-refractivity contribution in [2.24, 2.45) is 18.7 Å². The number of rotatable bonds is 4. The summed E-state index contributed by atoms with van der Waals surface area (Å²) in [6, 6.07) is 2.32. The quantitative estimate of drug-likeness (QED) is 0.810. The van der Waals surface area contributed by atoms with Crippen molar-refractivity contribution in [1.82, 2.24) is 4.57 Å². The highest BCUT2D eigenvalue weighted by Crippen LogP contribution is 2.31. The minimum Gasteiger partial charge on any atom is -0.352 e. The monoisotopic (exact) mass is 208 g/mol. The summed E-state index contributed by atoms with van der Waals surface area (Å²) in [6.45, 7) is 9.70. The molecule has 86 valence electrons. The van der Waals surface area contributed by atoms with Gasteiger partial charge in [-0.2, -0.15) is 0 Å². The Morgan fingerprint density at radius 1 is 1.33 bits per heavy atom. The Kier molecular flexibility index (Phi) is 3.97. The fourth-order valence-corrected chi connectivity index (χ4v) is 2.29. The normalized spacial score (nSPS) is 13.5. The number of hydrogen-bond acceptors (Lipinski definition) is 1. The van der Waals surface area contributed by atoms with Crippen LogP contribution in [0, 0.1) is 19.8 Å². The lowest BCUT2D eigenvalue weighted by atomic mass is 9.86. The summed E-state index contributed by atoms with van der Waals surface area (Å²) in [5.41, 5.74) is 9.90.